The van der Waals surface area contributed by atoms with E-state index in [9.17, 15) is 0 Å². The van der Waals surface area contributed by atoms with Crippen molar-refractivity contribution in [2.75, 3.05) is 0 Å². The van der Waals surface area contributed by atoms with Gasteiger partial charge in [-0.15, -0.1) is 0 Å². The van der Waals surface area contributed by atoms with E-state index in [4.69, 9.17) is 15.0 Å². The Morgan fingerprint density at radius 2 is 0.891 bits per heavy atom. The standard InChI is InChI=1S/C60H37N3S/c1-4-16-39(17-5-1)52-37-53(63-59(62-52)42-20-8-3-9-21-42)40-30-28-38(29-31-40)43-32-33-44-50(36-43)60(47-23-11-14-26-54(47)64-55-27-15-12-24-48(55)60)49-35-34-46-56(57(44)49)45-22-10-13-25-51(45)61-58(46)41-18-6-2-7-19-41/h1-37H. The van der Waals surface area contributed by atoms with Crippen LogP contribution in [0.15, 0.2) is 234 Å². The Balaban J connectivity index is 1.03. The molecule has 0 radical (unpaired) electrons. The highest BCUT2D eigenvalue weighted by molar-refractivity contribution is 7.99. The molecule has 2 aliphatic rings. The Morgan fingerprint density at radius 1 is 0.344 bits per heavy atom. The van der Waals surface area contributed by atoms with Crippen molar-refractivity contribution in [1.82, 2.24) is 15.0 Å². The fraction of sp³-hybridized carbons (Fsp3) is 0.0167. The van der Waals surface area contributed by atoms with Crippen molar-refractivity contribution >= 4 is 33.4 Å². The largest absolute Gasteiger partial charge is 0.247 e. The first-order valence-electron chi connectivity index (χ1n) is 21.8. The predicted octanol–water partition coefficient (Wildman–Crippen LogP) is 15.3. The molecule has 13 rings (SSSR count). The summed E-state index contributed by atoms with van der Waals surface area (Å²) in [6.45, 7) is 0. The van der Waals surface area contributed by atoms with Crippen LogP contribution in [0, 0.1) is 0 Å². The number of benzene rings is 9. The van der Waals surface area contributed by atoms with Crippen LogP contribution in [0.3, 0.4) is 0 Å². The summed E-state index contributed by atoms with van der Waals surface area (Å²) in [6.07, 6.45) is 0. The van der Waals surface area contributed by atoms with Gasteiger partial charge in [-0.25, -0.2) is 15.0 Å². The van der Waals surface area contributed by atoms with Crippen LogP contribution >= 0.6 is 11.8 Å². The minimum Gasteiger partial charge on any atom is -0.247 e. The normalized spacial score (nSPS) is 13.1. The van der Waals surface area contributed by atoms with E-state index in [1.54, 1.807) is 0 Å². The molecule has 1 aliphatic carbocycles. The number of hydrogen-bond acceptors (Lipinski definition) is 4. The number of rotatable bonds is 5. The Morgan fingerprint density at radius 3 is 1.58 bits per heavy atom. The summed E-state index contributed by atoms with van der Waals surface area (Å²) in [5.74, 6) is 0.711. The van der Waals surface area contributed by atoms with Gasteiger partial charge < -0.3 is 0 Å². The molecule has 4 heteroatoms. The number of pyridine rings is 1. The van der Waals surface area contributed by atoms with Crippen LogP contribution < -0.4 is 0 Å². The highest BCUT2D eigenvalue weighted by Crippen LogP contribution is 2.64. The maximum atomic E-state index is 5.34. The van der Waals surface area contributed by atoms with Gasteiger partial charge in [0.1, 0.15) is 0 Å². The molecule has 3 nitrogen and oxygen atoms in total. The van der Waals surface area contributed by atoms with Crippen molar-refractivity contribution in [3.63, 3.8) is 0 Å². The second-order valence-corrected chi connectivity index (χ2v) is 17.7. The fourth-order valence-electron chi connectivity index (χ4n) is 10.3. The molecule has 9 aromatic carbocycles. The average molecular weight is 832 g/mol. The highest BCUT2D eigenvalue weighted by Gasteiger charge is 2.51. The second-order valence-electron chi connectivity index (χ2n) is 16.6. The first-order valence-corrected chi connectivity index (χ1v) is 22.6. The van der Waals surface area contributed by atoms with E-state index in [0.29, 0.717) is 5.82 Å². The van der Waals surface area contributed by atoms with Gasteiger partial charge in [0.25, 0.3) is 0 Å². The highest BCUT2D eigenvalue weighted by atomic mass is 32.2. The van der Waals surface area contributed by atoms with E-state index in [2.05, 4.69) is 200 Å². The monoisotopic (exact) mass is 831 g/mol. The van der Waals surface area contributed by atoms with E-state index in [0.717, 1.165) is 55.8 Å². The van der Waals surface area contributed by atoms with Gasteiger partial charge in [0.2, 0.25) is 0 Å². The summed E-state index contributed by atoms with van der Waals surface area (Å²) < 4.78 is 0. The summed E-state index contributed by atoms with van der Waals surface area (Å²) in [5, 5.41) is 3.58. The van der Waals surface area contributed by atoms with Gasteiger partial charge in [0.15, 0.2) is 5.82 Å². The Hall–Kier alpha value is -7.92. The van der Waals surface area contributed by atoms with Crippen LogP contribution in [0.2, 0.25) is 0 Å². The molecule has 64 heavy (non-hydrogen) atoms. The molecule has 1 aliphatic heterocycles. The third kappa shape index (κ3) is 5.59. The average Bonchev–Trinajstić information content (AvgIpc) is 3.66. The van der Waals surface area contributed by atoms with Crippen molar-refractivity contribution < 1.29 is 0 Å². The maximum Gasteiger partial charge on any atom is 0.160 e. The van der Waals surface area contributed by atoms with Crippen LogP contribution in [0.5, 0.6) is 0 Å². The lowest BCUT2D eigenvalue weighted by Crippen LogP contribution is -2.32. The van der Waals surface area contributed by atoms with Crippen molar-refractivity contribution in [1.29, 1.82) is 0 Å². The van der Waals surface area contributed by atoms with Crippen molar-refractivity contribution in [3.05, 3.63) is 247 Å². The van der Waals surface area contributed by atoms with Gasteiger partial charge >= 0.3 is 0 Å². The number of hydrogen-bond donors (Lipinski definition) is 0. The molecule has 11 aromatic rings. The van der Waals surface area contributed by atoms with Crippen LogP contribution in [0.4, 0.5) is 0 Å². The molecular weight excluding hydrogens is 795 g/mol. The van der Waals surface area contributed by atoms with E-state index >= 15 is 0 Å². The van der Waals surface area contributed by atoms with E-state index < -0.39 is 5.41 Å². The lowest BCUT2D eigenvalue weighted by Gasteiger charge is -2.39. The quantitative estimate of drug-likeness (QED) is 0.162. The Labute approximate surface area is 375 Å². The predicted molar refractivity (Wildman–Crippen MR) is 263 cm³/mol. The topological polar surface area (TPSA) is 38.7 Å². The third-order valence-electron chi connectivity index (χ3n) is 13.2. The molecule has 0 amide bonds. The summed E-state index contributed by atoms with van der Waals surface area (Å²) in [7, 11) is 0. The molecule has 1 spiro atoms. The molecule has 0 unspecified atom stereocenters. The van der Waals surface area contributed by atoms with E-state index in [1.165, 1.54) is 59.5 Å². The molecular formula is C60H37N3S. The summed E-state index contributed by atoms with van der Waals surface area (Å²) >= 11 is 1.88. The van der Waals surface area contributed by atoms with Crippen LogP contribution in [0.1, 0.15) is 22.3 Å². The minimum atomic E-state index is -0.548. The zero-order chi connectivity index (χ0) is 42.2. The summed E-state index contributed by atoms with van der Waals surface area (Å²) in [6, 6.07) is 81.0. The molecule has 2 aromatic heterocycles. The van der Waals surface area contributed by atoms with E-state index in [1.807, 2.05) is 36.0 Å². The molecule has 0 N–H and O–H groups in total. The summed E-state index contributed by atoms with van der Waals surface area (Å²) in [5.41, 5.74) is 17.6. The number of para-hydroxylation sites is 1. The zero-order valence-electron chi connectivity index (χ0n) is 34.6. The van der Waals surface area contributed by atoms with Crippen molar-refractivity contribution in [3.8, 4) is 67.4 Å². The van der Waals surface area contributed by atoms with Crippen LogP contribution in [-0.2, 0) is 5.41 Å². The molecule has 0 bridgehead atoms. The summed E-state index contributed by atoms with van der Waals surface area (Å²) in [4.78, 5) is 18.1. The van der Waals surface area contributed by atoms with Gasteiger partial charge in [0.05, 0.1) is 28.0 Å². The van der Waals surface area contributed by atoms with Gasteiger partial charge in [-0.05, 0) is 74.8 Å². The zero-order valence-corrected chi connectivity index (χ0v) is 35.4. The molecule has 0 fully saturated rings. The molecule has 0 saturated carbocycles. The van der Waals surface area contributed by atoms with Gasteiger partial charge in [-0.3, -0.25) is 0 Å². The minimum absolute atomic E-state index is 0.548. The number of fused-ring (bicyclic) bond motifs is 13. The SMILES string of the molecule is c1ccc(-c2cc(-c3ccc(-c4ccc5c(c4)C4(c6ccccc6Sc6ccccc64)c4ccc6c(-c7ccccc7)nc7ccccc7c6c4-5)cc3)nc(-c3ccccc3)n2)cc1. The second kappa shape index (κ2) is 14.6. The number of aromatic nitrogens is 3. The smallest absolute Gasteiger partial charge is 0.160 e. The van der Waals surface area contributed by atoms with E-state index in [-0.39, 0.29) is 0 Å². The number of nitrogens with zero attached hydrogens (tertiary/aromatic N) is 3. The van der Waals surface area contributed by atoms with Crippen molar-refractivity contribution in [2.24, 2.45) is 0 Å². The van der Waals surface area contributed by atoms with Crippen LogP contribution in [0.25, 0.3) is 89.1 Å². The lowest BCUT2D eigenvalue weighted by molar-refractivity contribution is 0.723. The maximum absolute atomic E-state index is 5.34. The molecule has 0 atom stereocenters. The molecule has 0 saturated heterocycles. The molecule has 3 heterocycles. The van der Waals surface area contributed by atoms with Crippen LogP contribution in [-0.4, -0.2) is 15.0 Å². The van der Waals surface area contributed by atoms with Gasteiger partial charge in [-0.2, -0.15) is 0 Å². The Bertz CT molecular complexity index is 3520. The first kappa shape index (κ1) is 36.7. The fourth-order valence-corrected chi connectivity index (χ4v) is 11.5. The lowest BCUT2D eigenvalue weighted by atomic mass is 9.67. The third-order valence-corrected chi connectivity index (χ3v) is 14.3. The molecule has 298 valence electrons. The van der Waals surface area contributed by atoms with Gasteiger partial charge in [0, 0.05) is 48.2 Å². The first-order chi connectivity index (χ1) is 31.7. The Kier molecular flexibility index (Phi) is 8.37. The van der Waals surface area contributed by atoms with Gasteiger partial charge in [-0.1, -0.05) is 206 Å². The van der Waals surface area contributed by atoms with Crippen molar-refractivity contribution in [2.45, 2.75) is 15.2 Å².